The molecule has 0 amide bonds. The van der Waals surface area contributed by atoms with E-state index in [2.05, 4.69) is 23.7 Å². The first-order chi connectivity index (χ1) is 9.67. The van der Waals surface area contributed by atoms with Gasteiger partial charge >= 0.3 is 11.8 Å². The van der Waals surface area contributed by atoms with Crippen molar-refractivity contribution in [3.63, 3.8) is 0 Å². The average Bonchev–Trinajstić information content (AvgIpc) is 3.05. The van der Waals surface area contributed by atoms with Crippen LogP contribution >= 0.6 is 0 Å². The lowest BCUT2D eigenvalue weighted by Gasteiger charge is -2.29. The summed E-state index contributed by atoms with van der Waals surface area (Å²) in [4.78, 5) is 11.1. The summed E-state index contributed by atoms with van der Waals surface area (Å²) in [6, 6.07) is 0. The topological polar surface area (TPSA) is 57.3 Å². The third-order valence-electron chi connectivity index (χ3n) is 3.12. The number of carbonyl (C=O) groups excluding carboxylic acids is 1. The molecule has 0 radical (unpaired) electrons. The summed E-state index contributed by atoms with van der Waals surface area (Å²) < 4.78 is 22.0. The van der Waals surface area contributed by atoms with E-state index in [4.69, 9.17) is 18.9 Å². The van der Waals surface area contributed by atoms with Crippen LogP contribution in [-0.4, -0.2) is 30.1 Å². The quantitative estimate of drug-likeness (QED) is 0.403. The normalized spacial score (nSPS) is 37.1. The van der Waals surface area contributed by atoms with Crippen LogP contribution in [0.25, 0.3) is 0 Å². The van der Waals surface area contributed by atoms with Crippen molar-refractivity contribution >= 4 is 5.97 Å². The third-order valence-corrected chi connectivity index (χ3v) is 3.12. The Morgan fingerprint density at radius 2 is 2.35 bits per heavy atom. The minimum Gasteiger partial charge on any atom is -0.454 e. The molecular weight excluding hydrogens is 260 g/mol. The van der Waals surface area contributed by atoms with Crippen molar-refractivity contribution in [2.45, 2.75) is 37.9 Å². The SMILES string of the molecule is CC#CC#CC=C1O[C@]2(OC=C[C@H]2OC(C)=O)[C@@H]2O[C@H]12. The average molecular weight is 272 g/mol. The molecule has 5 heteroatoms. The fourth-order valence-electron chi connectivity index (χ4n) is 2.28. The predicted octanol–water partition coefficient (Wildman–Crippen LogP) is 0.866. The van der Waals surface area contributed by atoms with E-state index in [1.54, 1.807) is 19.1 Å². The van der Waals surface area contributed by atoms with Crippen molar-refractivity contribution in [3.05, 3.63) is 24.2 Å². The lowest BCUT2D eigenvalue weighted by molar-refractivity contribution is -0.227. The molecule has 20 heavy (non-hydrogen) atoms. The Labute approximate surface area is 116 Å². The van der Waals surface area contributed by atoms with Crippen molar-refractivity contribution in [3.8, 4) is 23.7 Å². The molecule has 3 aliphatic rings. The highest BCUT2D eigenvalue weighted by Crippen LogP contribution is 2.53. The summed E-state index contributed by atoms with van der Waals surface area (Å²) in [6.07, 6.45) is 3.60. The van der Waals surface area contributed by atoms with Gasteiger partial charge in [0.05, 0.1) is 6.26 Å². The third kappa shape index (κ3) is 1.93. The van der Waals surface area contributed by atoms with Gasteiger partial charge in [0.15, 0.2) is 12.2 Å². The fraction of sp³-hybridized carbons (Fsp3) is 0.400. The first kappa shape index (κ1) is 12.7. The van der Waals surface area contributed by atoms with Crippen LogP contribution in [0.2, 0.25) is 0 Å². The Bertz CT molecular complexity index is 624. The summed E-state index contributed by atoms with van der Waals surface area (Å²) in [5.41, 5.74) is 0. The summed E-state index contributed by atoms with van der Waals surface area (Å²) in [5, 5.41) is 0. The molecule has 3 rings (SSSR count). The zero-order valence-electron chi connectivity index (χ0n) is 11.0. The van der Waals surface area contributed by atoms with Gasteiger partial charge in [-0.1, -0.05) is 11.8 Å². The van der Waals surface area contributed by atoms with Crippen LogP contribution in [0.3, 0.4) is 0 Å². The summed E-state index contributed by atoms with van der Waals surface area (Å²) in [6.45, 7) is 3.05. The lowest BCUT2D eigenvalue weighted by atomic mass is 10.1. The molecule has 3 aliphatic heterocycles. The van der Waals surface area contributed by atoms with Crippen molar-refractivity contribution in [1.29, 1.82) is 0 Å². The molecule has 0 saturated carbocycles. The number of fused-ring (bicyclic) bond motifs is 2. The van der Waals surface area contributed by atoms with Gasteiger partial charge in [-0.2, -0.15) is 0 Å². The molecule has 1 spiro atoms. The van der Waals surface area contributed by atoms with Gasteiger partial charge in [-0.3, -0.25) is 4.79 Å². The molecule has 5 nitrogen and oxygen atoms in total. The number of epoxide rings is 1. The number of hydrogen-bond donors (Lipinski definition) is 0. The van der Waals surface area contributed by atoms with Crippen LogP contribution in [0.1, 0.15) is 13.8 Å². The molecule has 0 aromatic carbocycles. The van der Waals surface area contributed by atoms with Gasteiger partial charge < -0.3 is 18.9 Å². The van der Waals surface area contributed by atoms with Gasteiger partial charge in [0, 0.05) is 13.0 Å². The van der Waals surface area contributed by atoms with Gasteiger partial charge in [0.2, 0.25) is 6.10 Å². The summed E-state index contributed by atoms with van der Waals surface area (Å²) >= 11 is 0. The van der Waals surface area contributed by atoms with E-state index in [1.165, 1.54) is 13.2 Å². The highest BCUT2D eigenvalue weighted by molar-refractivity contribution is 5.66. The van der Waals surface area contributed by atoms with Crippen molar-refractivity contribution in [1.82, 2.24) is 0 Å². The minimum absolute atomic E-state index is 0.197. The Morgan fingerprint density at radius 1 is 1.50 bits per heavy atom. The van der Waals surface area contributed by atoms with E-state index in [0.29, 0.717) is 5.76 Å². The second-order valence-corrected chi connectivity index (χ2v) is 4.47. The highest BCUT2D eigenvalue weighted by Gasteiger charge is 2.72. The van der Waals surface area contributed by atoms with E-state index in [0.717, 1.165) is 0 Å². The molecule has 0 aliphatic carbocycles. The van der Waals surface area contributed by atoms with E-state index in [9.17, 15) is 4.79 Å². The lowest BCUT2D eigenvalue weighted by Crippen LogP contribution is -2.46. The van der Waals surface area contributed by atoms with E-state index in [1.807, 2.05) is 0 Å². The molecule has 0 bridgehead atoms. The number of rotatable bonds is 1. The van der Waals surface area contributed by atoms with Crippen molar-refractivity contribution in [2.24, 2.45) is 0 Å². The molecule has 4 atom stereocenters. The predicted molar refractivity (Wildman–Crippen MR) is 67.6 cm³/mol. The molecule has 2 saturated heterocycles. The zero-order valence-corrected chi connectivity index (χ0v) is 11.0. The van der Waals surface area contributed by atoms with E-state index in [-0.39, 0.29) is 12.2 Å². The minimum atomic E-state index is -1.11. The summed E-state index contributed by atoms with van der Waals surface area (Å²) in [7, 11) is 0. The Kier molecular flexibility index (Phi) is 2.93. The summed E-state index contributed by atoms with van der Waals surface area (Å²) in [5.74, 6) is 9.80. The fourth-order valence-corrected chi connectivity index (χ4v) is 2.28. The first-order valence-corrected chi connectivity index (χ1v) is 6.16. The van der Waals surface area contributed by atoms with Gasteiger partial charge in [0.1, 0.15) is 5.76 Å². The molecule has 0 unspecified atom stereocenters. The molecule has 3 heterocycles. The first-order valence-electron chi connectivity index (χ1n) is 6.16. The van der Waals surface area contributed by atoms with Crippen LogP contribution in [0.5, 0.6) is 0 Å². The number of esters is 1. The number of ether oxygens (including phenoxy) is 4. The maximum absolute atomic E-state index is 11.1. The van der Waals surface area contributed by atoms with Crippen LogP contribution in [-0.2, 0) is 23.7 Å². The number of hydrogen-bond acceptors (Lipinski definition) is 5. The molecule has 102 valence electrons. The van der Waals surface area contributed by atoms with E-state index < -0.39 is 17.9 Å². The standard InChI is InChI=1S/C15H12O5/c1-3-4-5-6-7-11-13-14(19-13)15(20-11)12(8-9-17-15)18-10(2)16/h7-9,12-14H,1-2H3/t12-,13-,14-,15+/m1/s1. The molecular formula is C15H12O5. The maximum atomic E-state index is 11.1. The number of carbonyl (C=O) groups is 1. The van der Waals surface area contributed by atoms with Gasteiger partial charge in [-0.15, -0.1) is 0 Å². The largest absolute Gasteiger partial charge is 0.454 e. The molecule has 0 aromatic rings. The van der Waals surface area contributed by atoms with Crippen LogP contribution < -0.4 is 0 Å². The second-order valence-electron chi connectivity index (χ2n) is 4.47. The molecule has 0 N–H and O–H groups in total. The van der Waals surface area contributed by atoms with Crippen molar-refractivity contribution in [2.75, 3.05) is 0 Å². The van der Waals surface area contributed by atoms with Gasteiger partial charge in [-0.05, 0) is 24.8 Å². The Hall–Kier alpha value is -2.37. The Morgan fingerprint density at radius 3 is 3.10 bits per heavy atom. The van der Waals surface area contributed by atoms with E-state index >= 15 is 0 Å². The zero-order chi connectivity index (χ0) is 14.2. The highest BCUT2D eigenvalue weighted by atomic mass is 16.8. The molecule has 0 aromatic heterocycles. The van der Waals surface area contributed by atoms with Crippen LogP contribution in [0.4, 0.5) is 0 Å². The van der Waals surface area contributed by atoms with Gasteiger partial charge in [0.25, 0.3) is 0 Å². The Balaban J connectivity index is 1.79. The number of allylic oxidation sites excluding steroid dienone is 1. The van der Waals surface area contributed by atoms with Crippen molar-refractivity contribution < 1.29 is 23.7 Å². The maximum Gasteiger partial charge on any atom is 0.321 e. The van der Waals surface area contributed by atoms with Crippen LogP contribution in [0, 0.1) is 23.7 Å². The monoisotopic (exact) mass is 272 g/mol. The molecule has 2 fully saturated rings. The second kappa shape index (κ2) is 4.63. The van der Waals surface area contributed by atoms with Gasteiger partial charge in [-0.25, -0.2) is 0 Å². The van der Waals surface area contributed by atoms with Crippen LogP contribution in [0.15, 0.2) is 24.2 Å². The smallest absolute Gasteiger partial charge is 0.321 e.